The van der Waals surface area contributed by atoms with Crippen LogP contribution in [-0.4, -0.2) is 65.5 Å². The lowest BCUT2D eigenvalue weighted by Crippen LogP contribution is -2.49. The molecule has 138 valence electrons. The number of carbonyl (C=O) groups is 2. The fraction of sp³-hybridized carbons (Fsp3) is 0.625. The van der Waals surface area contributed by atoms with Gasteiger partial charge in [-0.15, -0.1) is 23.1 Å². The molecule has 0 fully saturated rings. The van der Waals surface area contributed by atoms with E-state index in [2.05, 4.69) is 29.1 Å². The van der Waals surface area contributed by atoms with Crippen LogP contribution in [0.2, 0.25) is 0 Å². The van der Waals surface area contributed by atoms with Crippen molar-refractivity contribution in [1.29, 1.82) is 0 Å². The summed E-state index contributed by atoms with van der Waals surface area (Å²) in [5.41, 5.74) is 2.45. The Labute approximate surface area is 156 Å². The number of aliphatic imine (C=N–C) groups is 1. The first kappa shape index (κ1) is 19.7. The Hall–Kier alpha value is -1.61. The topological polar surface area (TPSA) is 83.9 Å². The van der Waals surface area contributed by atoms with Gasteiger partial charge in [0.25, 0.3) is 0 Å². The number of hydrogen-bond donors (Lipinski definition) is 1. The summed E-state index contributed by atoms with van der Waals surface area (Å²) in [6.07, 6.45) is 0.310. The molecule has 0 spiro atoms. The third kappa shape index (κ3) is 5.71. The van der Waals surface area contributed by atoms with Gasteiger partial charge in [-0.05, 0) is 0 Å². The first-order valence-corrected chi connectivity index (χ1v) is 10.0. The normalized spacial score (nSPS) is 18.0. The molecule has 0 bridgehead atoms. The molecule has 1 aliphatic rings. The second kappa shape index (κ2) is 9.19. The van der Waals surface area contributed by atoms with Crippen molar-refractivity contribution in [2.24, 2.45) is 10.9 Å². The molecule has 7 nitrogen and oxygen atoms in total. The molecule has 0 aromatic carbocycles. The first-order valence-electron chi connectivity index (χ1n) is 8.07. The number of carbonyl (C=O) groups excluding carboxylic acids is 2. The lowest BCUT2D eigenvalue weighted by Gasteiger charge is -2.23. The summed E-state index contributed by atoms with van der Waals surface area (Å²) in [7, 11) is 3.02. The van der Waals surface area contributed by atoms with Crippen LogP contribution in [0.5, 0.6) is 0 Å². The van der Waals surface area contributed by atoms with Crippen molar-refractivity contribution in [3.05, 3.63) is 16.6 Å². The molecule has 1 aromatic rings. The van der Waals surface area contributed by atoms with Gasteiger partial charge in [-0.3, -0.25) is 4.99 Å². The molecule has 0 aliphatic carbocycles. The zero-order valence-electron chi connectivity index (χ0n) is 14.9. The Morgan fingerprint density at radius 3 is 2.80 bits per heavy atom. The van der Waals surface area contributed by atoms with Crippen LogP contribution in [-0.2, 0) is 16.0 Å². The quantitative estimate of drug-likeness (QED) is 0.727. The molecule has 0 saturated heterocycles. The molecule has 2 amide bonds. The number of amides is 2. The molecule has 2 heterocycles. The second-order valence-corrected chi connectivity index (χ2v) is 7.94. The van der Waals surface area contributed by atoms with Crippen molar-refractivity contribution in [1.82, 2.24) is 15.2 Å². The van der Waals surface area contributed by atoms with Crippen LogP contribution in [0.3, 0.4) is 0 Å². The third-order valence-corrected chi connectivity index (χ3v) is 5.80. The van der Waals surface area contributed by atoms with Crippen molar-refractivity contribution in [3.63, 3.8) is 0 Å². The molecular formula is C16H24N4O3S2. The lowest BCUT2D eigenvalue weighted by atomic mass is 10.1. The predicted octanol–water partition coefficient (Wildman–Crippen LogP) is 2.04. The number of thioether (sulfide) groups is 1. The highest BCUT2D eigenvalue weighted by Crippen LogP contribution is 2.23. The Balaban J connectivity index is 1.92. The minimum Gasteiger partial charge on any atom is -0.467 e. The van der Waals surface area contributed by atoms with Gasteiger partial charge in [0.15, 0.2) is 0 Å². The van der Waals surface area contributed by atoms with E-state index in [1.807, 2.05) is 5.38 Å². The molecule has 0 saturated carbocycles. The summed E-state index contributed by atoms with van der Waals surface area (Å²) >= 11 is 3.19. The third-order valence-electron chi connectivity index (χ3n) is 3.74. The van der Waals surface area contributed by atoms with Crippen LogP contribution in [0.15, 0.2) is 15.9 Å². The lowest BCUT2D eigenvalue weighted by molar-refractivity contribution is -0.142. The van der Waals surface area contributed by atoms with Gasteiger partial charge in [0.1, 0.15) is 6.04 Å². The van der Waals surface area contributed by atoms with Gasteiger partial charge >= 0.3 is 12.0 Å². The van der Waals surface area contributed by atoms with E-state index in [4.69, 9.17) is 4.74 Å². The summed E-state index contributed by atoms with van der Waals surface area (Å²) in [5, 5.41) is 5.72. The van der Waals surface area contributed by atoms with E-state index in [0.29, 0.717) is 18.9 Å². The van der Waals surface area contributed by atoms with E-state index < -0.39 is 12.0 Å². The largest absolute Gasteiger partial charge is 0.467 e. The zero-order chi connectivity index (χ0) is 18.4. The number of nitrogens with one attached hydrogen (secondary N) is 1. The van der Waals surface area contributed by atoms with Gasteiger partial charge in [-0.1, -0.05) is 13.8 Å². The number of hydrogen-bond acceptors (Lipinski definition) is 7. The number of ether oxygens (including phenoxy) is 1. The van der Waals surface area contributed by atoms with Gasteiger partial charge in [0.2, 0.25) is 0 Å². The number of methoxy groups -OCH3 is 1. The van der Waals surface area contributed by atoms with Crippen LogP contribution in [0.1, 0.15) is 19.5 Å². The van der Waals surface area contributed by atoms with E-state index in [1.165, 1.54) is 18.4 Å². The van der Waals surface area contributed by atoms with E-state index in [9.17, 15) is 9.59 Å². The van der Waals surface area contributed by atoms with Crippen LogP contribution < -0.4 is 5.32 Å². The molecule has 25 heavy (non-hydrogen) atoms. The molecule has 2 atom stereocenters. The second-order valence-electron chi connectivity index (χ2n) is 6.18. The fourth-order valence-electron chi connectivity index (χ4n) is 2.39. The molecule has 0 radical (unpaired) electrons. The van der Waals surface area contributed by atoms with Gasteiger partial charge in [-0.2, -0.15) is 0 Å². The number of rotatable bonds is 7. The zero-order valence-corrected chi connectivity index (χ0v) is 16.5. The molecule has 1 aromatic heterocycles. The van der Waals surface area contributed by atoms with Crippen molar-refractivity contribution in [3.8, 4) is 0 Å². The smallest absolute Gasteiger partial charge is 0.328 e. The van der Waals surface area contributed by atoms with Gasteiger partial charge in [0, 0.05) is 37.1 Å². The molecule has 1 aliphatic heterocycles. The monoisotopic (exact) mass is 384 g/mol. The molecule has 2 rings (SSSR count). The molecular weight excluding hydrogens is 360 g/mol. The van der Waals surface area contributed by atoms with E-state index in [-0.39, 0.29) is 12.1 Å². The molecule has 1 unspecified atom stereocenters. The standard InChI is InChI=1S/C16H24N4O3S2/c1-10(2)14-18-12(8-25-14)6-20(3)16(22)19-13(15(21)23-4)5-11-7-24-9-17-11/h7,9-10,12-13H,5-6,8H2,1-4H3,(H,19,22)/t12?,13-/m0/s1. The Kier molecular flexibility index (Phi) is 7.24. The number of thiazole rings is 1. The average Bonchev–Trinajstić information content (AvgIpc) is 3.25. The summed E-state index contributed by atoms with van der Waals surface area (Å²) in [6.45, 7) is 4.74. The molecule has 9 heteroatoms. The van der Waals surface area contributed by atoms with Crippen LogP contribution >= 0.6 is 23.1 Å². The Morgan fingerprint density at radius 1 is 1.48 bits per heavy atom. The summed E-state index contributed by atoms with van der Waals surface area (Å²) < 4.78 is 4.79. The highest BCUT2D eigenvalue weighted by atomic mass is 32.2. The number of urea groups is 1. The Bertz CT molecular complexity index is 619. The summed E-state index contributed by atoms with van der Waals surface area (Å²) in [4.78, 5) is 34.8. The summed E-state index contributed by atoms with van der Waals surface area (Å²) in [6, 6.07) is -0.980. The fourth-order valence-corrected chi connectivity index (χ4v) is 4.06. The minimum absolute atomic E-state index is 0.0910. The van der Waals surface area contributed by atoms with E-state index >= 15 is 0 Å². The van der Waals surface area contributed by atoms with E-state index in [1.54, 1.807) is 29.2 Å². The number of aromatic nitrogens is 1. The van der Waals surface area contributed by atoms with Crippen molar-refractivity contribution < 1.29 is 14.3 Å². The van der Waals surface area contributed by atoms with Gasteiger partial charge in [0.05, 0.1) is 29.4 Å². The van der Waals surface area contributed by atoms with Gasteiger partial charge in [-0.25, -0.2) is 14.6 Å². The van der Waals surface area contributed by atoms with Crippen LogP contribution in [0.4, 0.5) is 4.79 Å². The Morgan fingerprint density at radius 2 is 2.24 bits per heavy atom. The number of esters is 1. The average molecular weight is 385 g/mol. The predicted molar refractivity (Wildman–Crippen MR) is 101 cm³/mol. The van der Waals surface area contributed by atoms with Crippen molar-refractivity contribution in [2.75, 3.05) is 26.5 Å². The molecule has 1 N–H and O–H groups in total. The maximum Gasteiger partial charge on any atom is 0.328 e. The van der Waals surface area contributed by atoms with E-state index in [0.717, 1.165) is 16.5 Å². The number of nitrogens with zero attached hydrogens (tertiary/aromatic N) is 3. The first-order chi connectivity index (χ1) is 11.9. The van der Waals surface area contributed by atoms with Crippen LogP contribution in [0.25, 0.3) is 0 Å². The number of likely N-dealkylation sites (N-methyl/N-ethyl adjacent to an activating group) is 1. The highest BCUT2D eigenvalue weighted by molar-refractivity contribution is 8.14. The maximum atomic E-state index is 12.4. The van der Waals surface area contributed by atoms with Crippen molar-refractivity contribution in [2.45, 2.75) is 32.4 Å². The summed E-state index contributed by atoms with van der Waals surface area (Å²) in [5.74, 6) is 0.812. The highest BCUT2D eigenvalue weighted by Gasteiger charge is 2.27. The maximum absolute atomic E-state index is 12.4. The SMILES string of the molecule is COC(=O)[C@H](Cc1cscn1)NC(=O)N(C)CC1CSC(C(C)C)=N1. The van der Waals surface area contributed by atoms with Crippen LogP contribution in [0, 0.1) is 5.92 Å². The minimum atomic E-state index is -0.755. The van der Waals surface area contributed by atoms with Crippen molar-refractivity contribution >= 4 is 40.1 Å². The van der Waals surface area contributed by atoms with Gasteiger partial charge < -0.3 is 15.0 Å².